The second-order valence-electron chi connectivity index (χ2n) is 7.98. The second kappa shape index (κ2) is 6.14. The van der Waals surface area contributed by atoms with Gasteiger partial charge in [0.1, 0.15) is 11.6 Å². The van der Waals surface area contributed by atoms with Gasteiger partial charge in [-0.2, -0.15) is 0 Å². The lowest BCUT2D eigenvalue weighted by Gasteiger charge is -2.54. The number of halogens is 1. The summed E-state index contributed by atoms with van der Waals surface area (Å²) in [6, 6.07) is 13.3. The maximum absolute atomic E-state index is 13.1. The van der Waals surface area contributed by atoms with Crippen molar-refractivity contribution in [3.05, 3.63) is 65.0 Å². The quantitative estimate of drug-likeness (QED) is 0.902. The van der Waals surface area contributed by atoms with E-state index in [0.717, 1.165) is 32.4 Å². The maximum atomic E-state index is 13.1. The molecule has 2 unspecified atom stereocenters. The minimum atomic E-state index is -0.168. The summed E-state index contributed by atoms with van der Waals surface area (Å²) in [5.41, 5.74) is 4.07. The van der Waals surface area contributed by atoms with Gasteiger partial charge in [-0.3, -0.25) is 4.90 Å². The van der Waals surface area contributed by atoms with Crippen molar-refractivity contribution in [2.24, 2.45) is 5.92 Å². The number of aromatic hydroxyl groups is 1. The molecule has 1 aliphatic carbocycles. The molecule has 0 radical (unpaired) electrons. The Morgan fingerprint density at radius 3 is 2.72 bits per heavy atom. The van der Waals surface area contributed by atoms with Gasteiger partial charge in [0, 0.05) is 12.6 Å². The van der Waals surface area contributed by atoms with Gasteiger partial charge in [0.25, 0.3) is 0 Å². The van der Waals surface area contributed by atoms with Crippen LogP contribution in [0.5, 0.6) is 5.75 Å². The molecule has 3 atom stereocenters. The van der Waals surface area contributed by atoms with Gasteiger partial charge in [0.15, 0.2) is 0 Å². The molecule has 2 aromatic carbocycles. The lowest BCUT2D eigenvalue weighted by atomic mass is 9.59. The van der Waals surface area contributed by atoms with Crippen LogP contribution in [0.15, 0.2) is 42.5 Å². The van der Waals surface area contributed by atoms with Gasteiger partial charge in [0.05, 0.1) is 0 Å². The Morgan fingerprint density at radius 2 is 1.96 bits per heavy atom. The highest BCUT2D eigenvalue weighted by molar-refractivity contribution is 5.44. The summed E-state index contributed by atoms with van der Waals surface area (Å²) >= 11 is 0. The molecule has 1 fully saturated rings. The van der Waals surface area contributed by atoms with Gasteiger partial charge >= 0.3 is 0 Å². The van der Waals surface area contributed by atoms with Crippen molar-refractivity contribution in [2.75, 3.05) is 13.1 Å². The lowest BCUT2D eigenvalue weighted by molar-refractivity contribution is 0.0322. The molecule has 2 aromatic rings. The summed E-state index contributed by atoms with van der Waals surface area (Å²) in [5.74, 6) is 0.770. The molecule has 4 rings (SSSR count). The smallest absolute Gasteiger partial charge is 0.123 e. The van der Waals surface area contributed by atoms with E-state index >= 15 is 0 Å². The molecular weight excluding hydrogens is 312 g/mol. The van der Waals surface area contributed by atoms with Crippen LogP contribution in [0.2, 0.25) is 0 Å². The summed E-state index contributed by atoms with van der Waals surface area (Å²) < 4.78 is 13.1. The van der Waals surface area contributed by atoms with Crippen molar-refractivity contribution in [1.82, 2.24) is 4.90 Å². The third-order valence-electron chi connectivity index (χ3n) is 6.71. The normalized spacial score (nSPS) is 28.6. The maximum Gasteiger partial charge on any atom is 0.123 e. The Labute approximate surface area is 149 Å². The Bertz CT molecular complexity index is 772. The summed E-state index contributed by atoms with van der Waals surface area (Å²) in [4.78, 5) is 2.62. The second-order valence-corrected chi connectivity index (χ2v) is 7.98. The number of fused-ring (bicyclic) bond motifs is 4. The highest BCUT2D eigenvalue weighted by Crippen LogP contribution is 2.49. The lowest BCUT2D eigenvalue weighted by Crippen LogP contribution is -2.58. The fourth-order valence-electron chi connectivity index (χ4n) is 4.90. The number of nitrogens with zero attached hydrogens (tertiary/aromatic N) is 1. The number of piperidine rings is 1. The SMILES string of the molecule is CC1C2Cc3ccc(O)cc3[C@]1(C)CCN2CCc1ccc([18F])cc1. The molecule has 1 N–H and O–H groups in total. The van der Waals surface area contributed by atoms with Gasteiger partial charge in [-0.1, -0.05) is 32.0 Å². The van der Waals surface area contributed by atoms with Crippen molar-refractivity contribution in [2.45, 2.75) is 44.6 Å². The van der Waals surface area contributed by atoms with Gasteiger partial charge in [-0.25, -0.2) is 4.39 Å². The largest absolute Gasteiger partial charge is 0.508 e. The highest BCUT2D eigenvalue weighted by atomic mass is 18.2. The van der Waals surface area contributed by atoms with E-state index in [1.165, 1.54) is 16.7 Å². The Hall–Kier alpha value is -1.87. The summed E-state index contributed by atoms with van der Waals surface area (Å²) in [6.45, 7) is 6.83. The van der Waals surface area contributed by atoms with E-state index in [9.17, 15) is 9.50 Å². The molecule has 3 heteroatoms. The highest BCUT2D eigenvalue weighted by Gasteiger charge is 2.48. The van der Waals surface area contributed by atoms with Crippen molar-refractivity contribution >= 4 is 0 Å². The third-order valence-corrected chi connectivity index (χ3v) is 6.71. The minimum absolute atomic E-state index is 0.142. The predicted octanol–water partition coefficient (Wildman–Crippen LogP) is 4.30. The molecule has 25 heavy (non-hydrogen) atoms. The van der Waals surface area contributed by atoms with Crippen LogP contribution in [-0.4, -0.2) is 29.1 Å². The minimum Gasteiger partial charge on any atom is -0.508 e. The zero-order valence-electron chi connectivity index (χ0n) is 15.0. The van der Waals surface area contributed by atoms with Crippen LogP contribution in [0.1, 0.15) is 37.0 Å². The standard InChI is InChI=1S/C22H26FNO/c1-15-21-13-17-5-8-19(25)14-20(17)22(15,2)10-12-24(21)11-9-16-3-6-18(23)7-4-16/h3-8,14-15,21,25H,9-13H2,1-2H3/t15?,21?,22-/m1/s1/i23-1. The predicted molar refractivity (Wildman–Crippen MR) is 98.4 cm³/mol. The summed E-state index contributed by atoms with van der Waals surface area (Å²) in [5, 5.41) is 9.93. The first-order valence-corrected chi connectivity index (χ1v) is 9.28. The van der Waals surface area contributed by atoms with Crippen LogP contribution in [-0.2, 0) is 18.3 Å². The number of phenols is 1. The van der Waals surface area contributed by atoms with Crippen LogP contribution in [0.3, 0.4) is 0 Å². The van der Waals surface area contributed by atoms with Crippen LogP contribution < -0.4 is 0 Å². The van der Waals surface area contributed by atoms with Gasteiger partial charge < -0.3 is 5.11 Å². The number of hydrogen-bond donors (Lipinski definition) is 1. The van der Waals surface area contributed by atoms with Crippen molar-refractivity contribution < 1.29 is 9.50 Å². The van der Waals surface area contributed by atoms with E-state index in [-0.39, 0.29) is 11.2 Å². The van der Waals surface area contributed by atoms with Gasteiger partial charge in [-0.15, -0.1) is 0 Å². The number of rotatable bonds is 3. The van der Waals surface area contributed by atoms with E-state index in [2.05, 4.69) is 24.8 Å². The molecular formula is C22H26FNO. The number of phenolic OH excluding ortho intramolecular Hbond substituents is 1. The average Bonchev–Trinajstić information content (AvgIpc) is 2.60. The molecule has 2 bridgehead atoms. The first-order chi connectivity index (χ1) is 12.0. The van der Waals surface area contributed by atoms with Crippen molar-refractivity contribution in [3.63, 3.8) is 0 Å². The van der Waals surface area contributed by atoms with E-state index in [1.54, 1.807) is 12.1 Å². The molecule has 1 aliphatic heterocycles. The van der Waals surface area contributed by atoms with Crippen molar-refractivity contribution in [1.29, 1.82) is 0 Å². The van der Waals surface area contributed by atoms with Crippen LogP contribution in [0, 0.1) is 11.7 Å². The number of hydrogen-bond acceptors (Lipinski definition) is 2. The van der Waals surface area contributed by atoms with E-state index in [0.29, 0.717) is 17.7 Å². The zero-order chi connectivity index (χ0) is 17.6. The summed E-state index contributed by atoms with van der Waals surface area (Å²) in [7, 11) is 0. The van der Waals surface area contributed by atoms with Gasteiger partial charge in [-0.05, 0) is 78.1 Å². The zero-order valence-corrected chi connectivity index (χ0v) is 15.0. The van der Waals surface area contributed by atoms with Crippen LogP contribution >= 0.6 is 0 Å². The molecule has 0 saturated carbocycles. The molecule has 0 aromatic heterocycles. The Kier molecular flexibility index (Phi) is 4.07. The van der Waals surface area contributed by atoms with E-state index in [1.807, 2.05) is 24.3 Å². The molecule has 1 saturated heterocycles. The number of benzene rings is 2. The molecule has 1 heterocycles. The number of likely N-dealkylation sites (tertiary alicyclic amines) is 1. The van der Waals surface area contributed by atoms with Crippen LogP contribution in [0.25, 0.3) is 0 Å². The Balaban J connectivity index is 1.55. The van der Waals surface area contributed by atoms with E-state index in [4.69, 9.17) is 0 Å². The first kappa shape index (κ1) is 16.6. The monoisotopic (exact) mass is 338 g/mol. The summed E-state index contributed by atoms with van der Waals surface area (Å²) in [6.07, 6.45) is 3.13. The Morgan fingerprint density at radius 1 is 1.20 bits per heavy atom. The van der Waals surface area contributed by atoms with Crippen molar-refractivity contribution in [3.8, 4) is 5.75 Å². The third kappa shape index (κ3) is 2.85. The fourth-order valence-corrected chi connectivity index (χ4v) is 4.90. The molecule has 2 aliphatic rings. The van der Waals surface area contributed by atoms with E-state index < -0.39 is 0 Å². The fraction of sp³-hybridized carbons (Fsp3) is 0.455. The van der Waals surface area contributed by atoms with Gasteiger partial charge in [0.2, 0.25) is 0 Å². The molecule has 0 spiro atoms. The topological polar surface area (TPSA) is 23.5 Å². The molecule has 2 nitrogen and oxygen atoms in total. The average molecular weight is 338 g/mol. The van der Waals surface area contributed by atoms with Crippen LogP contribution in [0.4, 0.5) is 4.39 Å². The molecule has 132 valence electrons. The first-order valence-electron chi connectivity index (χ1n) is 9.28. The molecule has 0 amide bonds.